The molecule has 34 heavy (non-hydrogen) atoms. The highest BCUT2D eigenvalue weighted by molar-refractivity contribution is 5.99. The van der Waals surface area contributed by atoms with Gasteiger partial charge in [-0.05, 0) is 36.2 Å². The van der Waals surface area contributed by atoms with Crippen molar-refractivity contribution in [1.29, 1.82) is 0 Å². The van der Waals surface area contributed by atoms with E-state index in [0.717, 1.165) is 16.8 Å². The summed E-state index contributed by atoms with van der Waals surface area (Å²) in [4.78, 5) is 38.4. The SMILES string of the molecule is CCNC(=O)c1cn(Cc2ccccc2)cc(C(=O)NCc2ccc(-n3cccn3)cc2)c1=O. The van der Waals surface area contributed by atoms with Gasteiger partial charge in [-0.15, -0.1) is 0 Å². The Bertz CT molecular complexity index is 1330. The van der Waals surface area contributed by atoms with E-state index in [0.29, 0.717) is 13.1 Å². The Morgan fingerprint density at radius 1 is 0.853 bits per heavy atom. The number of hydrogen-bond acceptors (Lipinski definition) is 4. The molecule has 0 saturated heterocycles. The van der Waals surface area contributed by atoms with Crippen LogP contribution in [0.4, 0.5) is 0 Å². The number of aromatic nitrogens is 3. The van der Waals surface area contributed by atoms with Crippen molar-refractivity contribution < 1.29 is 9.59 Å². The molecule has 8 nitrogen and oxygen atoms in total. The maximum Gasteiger partial charge on any atom is 0.257 e. The molecule has 0 spiro atoms. The molecule has 0 bridgehead atoms. The summed E-state index contributed by atoms with van der Waals surface area (Å²) in [6.45, 7) is 2.81. The minimum atomic E-state index is -0.596. The highest BCUT2D eigenvalue weighted by Crippen LogP contribution is 2.09. The van der Waals surface area contributed by atoms with E-state index in [4.69, 9.17) is 0 Å². The van der Waals surface area contributed by atoms with Crippen LogP contribution in [0.5, 0.6) is 0 Å². The van der Waals surface area contributed by atoms with Crippen molar-refractivity contribution in [1.82, 2.24) is 25.0 Å². The molecule has 8 heteroatoms. The lowest BCUT2D eigenvalue weighted by molar-refractivity contribution is 0.0948. The van der Waals surface area contributed by atoms with E-state index < -0.39 is 17.2 Å². The van der Waals surface area contributed by atoms with Crippen LogP contribution in [0.2, 0.25) is 0 Å². The highest BCUT2D eigenvalue weighted by atomic mass is 16.2. The summed E-state index contributed by atoms with van der Waals surface area (Å²) >= 11 is 0. The van der Waals surface area contributed by atoms with E-state index in [1.54, 1.807) is 22.4 Å². The first-order valence-corrected chi connectivity index (χ1v) is 11.0. The summed E-state index contributed by atoms with van der Waals surface area (Å²) in [5.74, 6) is -1.03. The second-order valence-corrected chi connectivity index (χ2v) is 7.73. The van der Waals surface area contributed by atoms with E-state index in [2.05, 4.69) is 15.7 Å². The van der Waals surface area contributed by atoms with Gasteiger partial charge in [-0.2, -0.15) is 5.10 Å². The number of nitrogens with zero attached hydrogens (tertiary/aromatic N) is 3. The minimum absolute atomic E-state index is 0.0611. The molecule has 2 amide bonds. The van der Waals surface area contributed by atoms with Crippen molar-refractivity contribution in [2.24, 2.45) is 0 Å². The zero-order valence-electron chi connectivity index (χ0n) is 18.8. The molecule has 2 heterocycles. The average molecular weight is 456 g/mol. The Morgan fingerprint density at radius 2 is 1.53 bits per heavy atom. The van der Waals surface area contributed by atoms with Crippen LogP contribution in [-0.2, 0) is 13.1 Å². The van der Waals surface area contributed by atoms with Crippen molar-refractivity contribution >= 4 is 11.8 Å². The van der Waals surface area contributed by atoms with Gasteiger partial charge in [-0.25, -0.2) is 4.68 Å². The normalized spacial score (nSPS) is 10.6. The summed E-state index contributed by atoms with van der Waals surface area (Å²) in [6.07, 6.45) is 6.53. The van der Waals surface area contributed by atoms with Gasteiger partial charge in [0.15, 0.2) is 0 Å². The number of rotatable bonds is 8. The third-order valence-electron chi connectivity index (χ3n) is 5.27. The van der Waals surface area contributed by atoms with Gasteiger partial charge in [0.2, 0.25) is 5.43 Å². The number of carbonyl (C=O) groups is 2. The first kappa shape index (κ1) is 22.7. The molecule has 0 fully saturated rings. The molecular formula is C26H25N5O3. The minimum Gasteiger partial charge on any atom is -0.352 e. The zero-order valence-corrected chi connectivity index (χ0v) is 18.8. The van der Waals surface area contributed by atoms with Crippen LogP contribution in [-0.4, -0.2) is 32.7 Å². The Balaban J connectivity index is 1.55. The van der Waals surface area contributed by atoms with Gasteiger partial charge in [-0.1, -0.05) is 42.5 Å². The maximum atomic E-state index is 13.0. The summed E-state index contributed by atoms with van der Waals surface area (Å²) in [5.41, 5.74) is 2.02. The van der Waals surface area contributed by atoms with Crippen molar-refractivity contribution in [2.45, 2.75) is 20.0 Å². The maximum absolute atomic E-state index is 13.0. The quantitative estimate of drug-likeness (QED) is 0.427. The monoisotopic (exact) mass is 455 g/mol. The van der Waals surface area contributed by atoms with E-state index in [9.17, 15) is 14.4 Å². The second-order valence-electron chi connectivity index (χ2n) is 7.73. The molecule has 2 aromatic heterocycles. The van der Waals surface area contributed by atoms with Crippen molar-refractivity contribution in [3.8, 4) is 5.69 Å². The van der Waals surface area contributed by atoms with Gasteiger partial charge in [0.1, 0.15) is 11.1 Å². The van der Waals surface area contributed by atoms with Gasteiger partial charge in [0, 0.05) is 44.4 Å². The fourth-order valence-corrected chi connectivity index (χ4v) is 3.56. The number of amides is 2. The molecule has 0 radical (unpaired) electrons. The Morgan fingerprint density at radius 3 is 2.15 bits per heavy atom. The fraction of sp³-hybridized carbons (Fsp3) is 0.154. The number of benzene rings is 2. The molecule has 0 aliphatic heterocycles. The van der Waals surface area contributed by atoms with Gasteiger partial charge < -0.3 is 15.2 Å². The molecule has 0 aliphatic rings. The van der Waals surface area contributed by atoms with E-state index >= 15 is 0 Å². The van der Waals surface area contributed by atoms with Gasteiger partial charge in [0.05, 0.1) is 5.69 Å². The molecule has 0 unspecified atom stereocenters. The van der Waals surface area contributed by atoms with Gasteiger partial charge in [0.25, 0.3) is 11.8 Å². The Labute approximate surface area is 196 Å². The van der Waals surface area contributed by atoms with Crippen LogP contribution in [0.15, 0.2) is 90.2 Å². The lowest BCUT2D eigenvalue weighted by Gasteiger charge is -2.13. The number of carbonyl (C=O) groups excluding carboxylic acids is 2. The van der Waals surface area contributed by atoms with Crippen LogP contribution >= 0.6 is 0 Å². The number of pyridine rings is 1. The van der Waals surface area contributed by atoms with Crippen LogP contribution in [0.1, 0.15) is 38.8 Å². The van der Waals surface area contributed by atoms with Crippen molar-refractivity contribution in [2.75, 3.05) is 6.54 Å². The third-order valence-corrected chi connectivity index (χ3v) is 5.27. The molecule has 4 rings (SSSR count). The van der Waals surface area contributed by atoms with E-state index in [-0.39, 0.29) is 17.7 Å². The predicted molar refractivity (Wildman–Crippen MR) is 129 cm³/mol. The van der Waals surface area contributed by atoms with Crippen molar-refractivity contribution in [3.05, 3.63) is 118 Å². The molecule has 2 aromatic carbocycles. The summed E-state index contributed by atoms with van der Waals surface area (Å²) < 4.78 is 3.43. The molecule has 4 aromatic rings. The first-order valence-electron chi connectivity index (χ1n) is 11.0. The predicted octanol–water partition coefficient (Wildman–Crippen LogP) is 2.76. The highest BCUT2D eigenvalue weighted by Gasteiger charge is 2.19. The fourth-order valence-electron chi connectivity index (χ4n) is 3.56. The standard InChI is InChI=1S/C26H25N5O3/c1-2-27-25(33)22-17-30(16-20-7-4-3-5-8-20)18-23(24(22)32)26(34)28-15-19-9-11-21(12-10-19)31-14-6-13-29-31/h3-14,17-18H,2,15-16H2,1H3,(H,27,33)(H,28,34). The van der Waals surface area contributed by atoms with Crippen LogP contribution in [0, 0.1) is 0 Å². The molecule has 2 N–H and O–H groups in total. The smallest absolute Gasteiger partial charge is 0.257 e. The first-order chi connectivity index (χ1) is 16.5. The van der Waals surface area contributed by atoms with Crippen LogP contribution in [0.25, 0.3) is 5.69 Å². The Kier molecular flexibility index (Phi) is 6.98. The van der Waals surface area contributed by atoms with Crippen molar-refractivity contribution in [3.63, 3.8) is 0 Å². The average Bonchev–Trinajstić information content (AvgIpc) is 3.40. The molecule has 172 valence electrons. The molecule has 0 aliphatic carbocycles. The zero-order chi connectivity index (χ0) is 23.9. The van der Waals surface area contributed by atoms with Gasteiger partial charge >= 0.3 is 0 Å². The Hall–Kier alpha value is -4.46. The lowest BCUT2D eigenvalue weighted by atomic mass is 10.1. The summed E-state index contributed by atoms with van der Waals surface area (Å²) in [6, 6.07) is 19.0. The summed E-state index contributed by atoms with van der Waals surface area (Å²) in [5, 5.41) is 9.63. The second kappa shape index (κ2) is 10.4. The third kappa shape index (κ3) is 5.29. The molecule has 0 saturated carbocycles. The lowest BCUT2D eigenvalue weighted by Crippen LogP contribution is -2.35. The summed E-state index contributed by atoms with van der Waals surface area (Å²) in [7, 11) is 0. The number of nitrogens with one attached hydrogen (secondary N) is 2. The number of hydrogen-bond donors (Lipinski definition) is 2. The molecule has 0 atom stereocenters. The van der Waals surface area contributed by atoms with Gasteiger partial charge in [-0.3, -0.25) is 14.4 Å². The van der Waals surface area contributed by atoms with E-state index in [1.165, 1.54) is 12.4 Å². The van der Waals surface area contributed by atoms with Crippen LogP contribution < -0.4 is 16.1 Å². The van der Waals surface area contributed by atoms with E-state index in [1.807, 2.05) is 66.9 Å². The largest absolute Gasteiger partial charge is 0.352 e. The topological polar surface area (TPSA) is 98.0 Å². The molecular weight excluding hydrogens is 430 g/mol. The van der Waals surface area contributed by atoms with Crippen LogP contribution in [0.3, 0.4) is 0 Å².